The van der Waals surface area contributed by atoms with Gasteiger partial charge in [-0.05, 0) is 40.2 Å². The van der Waals surface area contributed by atoms with Gasteiger partial charge in [0.15, 0.2) is 5.82 Å². The lowest BCUT2D eigenvalue weighted by atomic mass is 10.1. The Labute approximate surface area is 149 Å². The number of hydrogen-bond acceptors (Lipinski definition) is 5. The number of pyridine rings is 2. The first-order valence-electron chi connectivity index (χ1n) is 7.87. The van der Waals surface area contributed by atoms with Crippen LogP contribution >= 0.6 is 15.9 Å². The summed E-state index contributed by atoms with van der Waals surface area (Å²) in [4.78, 5) is 20.3. The van der Waals surface area contributed by atoms with Gasteiger partial charge in [-0.3, -0.25) is 9.88 Å². The van der Waals surface area contributed by atoms with Crippen molar-refractivity contribution in [3.05, 3.63) is 70.5 Å². The van der Waals surface area contributed by atoms with Crippen LogP contribution in [-0.4, -0.2) is 31.4 Å². The highest BCUT2D eigenvalue weighted by Crippen LogP contribution is 2.21. The van der Waals surface area contributed by atoms with E-state index in [2.05, 4.69) is 41.8 Å². The van der Waals surface area contributed by atoms with Crippen molar-refractivity contribution in [2.75, 3.05) is 6.54 Å². The van der Waals surface area contributed by atoms with Crippen LogP contribution in [0.15, 0.2) is 53.5 Å². The Morgan fingerprint density at radius 3 is 2.88 bits per heavy atom. The van der Waals surface area contributed by atoms with Crippen molar-refractivity contribution in [2.45, 2.75) is 19.5 Å². The first kappa shape index (κ1) is 15.4. The molecule has 4 rings (SSSR count). The molecule has 0 aromatic carbocycles. The van der Waals surface area contributed by atoms with Crippen LogP contribution in [0.3, 0.4) is 0 Å². The summed E-state index contributed by atoms with van der Waals surface area (Å²) >= 11 is 3.43. The summed E-state index contributed by atoms with van der Waals surface area (Å²) in [6.45, 7) is 2.67. The summed E-state index contributed by atoms with van der Waals surface area (Å²) in [5.74, 6) is 0.754. The summed E-state index contributed by atoms with van der Waals surface area (Å²) in [5, 5.41) is 0. The smallest absolute Gasteiger partial charge is 0.160 e. The third-order valence-corrected chi connectivity index (χ3v) is 4.53. The summed E-state index contributed by atoms with van der Waals surface area (Å²) in [6.07, 6.45) is 6.44. The van der Waals surface area contributed by atoms with E-state index in [4.69, 9.17) is 4.98 Å². The first-order chi connectivity index (χ1) is 11.8. The highest BCUT2D eigenvalue weighted by molar-refractivity contribution is 9.10. The van der Waals surface area contributed by atoms with Gasteiger partial charge in [0, 0.05) is 55.8 Å². The zero-order valence-electron chi connectivity index (χ0n) is 13.1. The molecule has 1 aliphatic heterocycles. The molecule has 120 valence electrons. The van der Waals surface area contributed by atoms with Gasteiger partial charge in [-0.2, -0.15) is 0 Å². The van der Waals surface area contributed by atoms with Gasteiger partial charge in [0.05, 0.1) is 11.4 Å². The molecule has 0 aliphatic carbocycles. The molecule has 0 fully saturated rings. The number of rotatable bonds is 3. The minimum atomic E-state index is 0.754. The Morgan fingerprint density at radius 1 is 1.08 bits per heavy atom. The molecule has 0 N–H and O–H groups in total. The molecule has 3 aromatic heterocycles. The Morgan fingerprint density at radius 2 is 2.04 bits per heavy atom. The van der Waals surface area contributed by atoms with Crippen LogP contribution in [0.1, 0.15) is 17.0 Å². The van der Waals surface area contributed by atoms with Gasteiger partial charge in [-0.25, -0.2) is 15.0 Å². The largest absolute Gasteiger partial charge is 0.293 e. The SMILES string of the molecule is Brc1cccc(CN2CCc3nc(-c4cccnc4)ncc3C2)n1. The summed E-state index contributed by atoms with van der Waals surface area (Å²) in [6, 6.07) is 9.92. The van der Waals surface area contributed by atoms with Gasteiger partial charge >= 0.3 is 0 Å². The molecule has 6 heteroatoms. The molecule has 0 saturated heterocycles. The number of aromatic nitrogens is 4. The van der Waals surface area contributed by atoms with Crippen molar-refractivity contribution >= 4 is 15.9 Å². The number of fused-ring (bicyclic) bond motifs is 1. The highest BCUT2D eigenvalue weighted by atomic mass is 79.9. The highest BCUT2D eigenvalue weighted by Gasteiger charge is 2.19. The maximum absolute atomic E-state index is 4.74. The van der Waals surface area contributed by atoms with Crippen molar-refractivity contribution < 1.29 is 0 Å². The van der Waals surface area contributed by atoms with Gasteiger partial charge in [0.2, 0.25) is 0 Å². The fourth-order valence-electron chi connectivity index (χ4n) is 2.91. The summed E-state index contributed by atoms with van der Waals surface area (Å²) in [5.41, 5.74) is 4.37. The third-order valence-electron chi connectivity index (χ3n) is 4.09. The fourth-order valence-corrected chi connectivity index (χ4v) is 3.29. The topological polar surface area (TPSA) is 54.8 Å². The van der Waals surface area contributed by atoms with Crippen LogP contribution < -0.4 is 0 Å². The Bertz CT molecular complexity index is 853. The first-order valence-corrected chi connectivity index (χ1v) is 8.66. The van der Waals surface area contributed by atoms with E-state index in [-0.39, 0.29) is 0 Å². The van der Waals surface area contributed by atoms with Crippen molar-refractivity contribution in [2.24, 2.45) is 0 Å². The van der Waals surface area contributed by atoms with E-state index in [0.717, 1.165) is 53.4 Å². The quantitative estimate of drug-likeness (QED) is 0.651. The second kappa shape index (κ2) is 6.75. The average Bonchev–Trinajstić information content (AvgIpc) is 2.62. The van der Waals surface area contributed by atoms with Gasteiger partial charge < -0.3 is 0 Å². The van der Waals surface area contributed by atoms with Gasteiger partial charge in [0.25, 0.3) is 0 Å². The predicted octanol–water partition coefficient (Wildman–Crippen LogP) is 3.25. The maximum Gasteiger partial charge on any atom is 0.160 e. The lowest BCUT2D eigenvalue weighted by Gasteiger charge is -2.27. The molecule has 0 atom stereocenters. The molecule has 0 amide bonds. The lowest BCUT2D eigenvalue weighted by Crippen LogP contribution is -2.31. The second-order valence-electron chi connectivity index (χ2n) is 5.82. The van der Waals surface area contributed by atoms with Crippen LogP contribution in [0.2, 0.25) is 0 Å². The summed E-state index contributed by atoms with van der Waals surface area (Å²) < 4.78 is 0.877. The maximum atomic E-state index is 4.74. The predicted molar refractivity (Wildman–Crippen MR) is 95.0 cm³/mol. The van der Waals surface area contributed by atoms with Crippen molar-refractivity contribution in [1.82, 2.24) is 24.8 Å². The molecule has 0 unspecified atom stereocenters. The zero-order valence-corrected chi connectivity index (χ0v) is 14.6. The third kappa shape index (κ3) is 3.34. The minimum absolute atomic E-state index is 0.754. The van der Waals surface area contributed by atoms with Gasteiger partial charge in [0.1, 0.15) is 4.60 Å². The molecule has 4 heterocycles. The summed E-state index contributed by atoms with van der Waals surface area (Å²) in [7, 11) is 0. The average molecular weight is 382 g/mol. The molecule has 0 bridgehead atoms. The van der Waals surface area contributed by atoms with Gasteiger partial charge in [-0.15, -0.1) is 0 Å². The van der Waals surface area contributed by atoms with E-state index in [0.29, 0.717) is 0 Å². The second-order valence-corrected chi connectivity index (χ2v) is 6.63. The van der Waals surface area contributed by atoms with Crippen LogP contribution in [0.25, 0.3) is 11.4 Å². The number of halogens is 1. The molecule has 0 radical (unpaired) electrons. The minimum Gasteiger partial charge on any atom is -0.293 e. The standard InChI is InChI=1S/C18H16BrN5/c19-17-5-1-4-15(22-17)12-24-8-6-16-14(11-24)10-21-18(23-16)13-3-2-7-20-9-13/h1-5,7,9-10H,6,8,11-12H2. The van der Waals surface area contributed by atoms with E-state index < -0.39 is 0 Å². The van der Waals surface area contributed by atoms with Crippen molar-refractivity contribution in [3.8, 4) is 11.4 Å². The van der Waals surface area contributed by atoms with Crippen molar-refractivity contribution in [1.29, 1.82) is 0 Å². The molecule has 1 aliphatic rings. The van der Waals surface area contributed by atoms with Crippen molar-refractivity contribution in [3.63, 3.8) is 0 Å². The van der Waals surface area contributed by atoms with Crippen LogP contribution in [0.4, 0.5) is 0 Å². The molecular weight excluding hydrogens is 366 g/mol. The molecule has 3 aromatic rings. The van der Waals surface area contributed by atoms with Gasteiger partial charge in [-0.1, -0.05) is 6.07 Å². The number of hydrogen-bond donors (Lipinski definition) is 0. The lowest BCUT2D eigenvalue weighted by molar-refractivity contribution is 0.240. The van der Waals surface area contributed by atoms with Crippen LogP contribution in [0, 0.1) is 0 Å². The number of nitrogens with zero attached hydrogens (tertiary/aromatic N) is 5. The van der Waals surface area contributed by atoms with Crippen LogP contribution in [0.5, 0.6) is 0 Å². The molecule has 0 saturated carbocycles. The Balaban J connectivity index is 1.52. The van der Waals surface area contributed by atoms with E-state index in [1.165, 1.54) is 5.56 Å². The monoisotopic (exact) mass is 381 g/mol. The van der Waals surface area contributed by atoms with E-state index >= 15 is 0 Å². The Hall–Kier alpha value is -2.18. The van der Waals surface area contributed by atoms with Crippen LogP contribution in [-0.2, 0) is 19.5 Å². The van der Waals surface area contributed by atoms with E-state index in [9.17, 15) is 0 Å². The molecule has 24 heavy (non-hydrogen) atoms. The normalized spacial score (nSPS) is 14.4. The molecule has 5 nitrogen and oxygen atoms in total. The molecular formula is C18H16BrN5. The van der Waals surface area contributed by atoms with E-state index in [1.54, 1.807) is 12.4 Å². The molecule has 0 spiro atoms. The zero-order chi connectivity index (χ0) is 16.4. The van der Waals surface area contributed by atoms with E-state index in [1.807, 2.05) is 30.5 Å². The fraction of sp³-hybridized carbons (Fsp3) is 0.222. The Kier molecular flexibility index (Phi) is 4.32.